The van der Waals surface area contributed by atoms with E-state index in [0.29, 0.717) is 29.9 Å². The number of carbonyl (C=O) groups is 2. The van der Waals surface area contributed by atoms with Crippen LogP contribution < -0.4 is 5.32 Å². The first kappa shape index (κ1) is 28.0. The van der Waals surface area contributed by atoms with Crippen molar-refractivity contribution in [2.75, 3.05) is 0 Å². The van der Waals surface area contributed by atoms with Gasteiger partial charge in [0.15, 0.2) is 5.69 Å². The van der Waals surface area contributed by atoms with Gasteiger partial charge in [-0.1, -0.05) is 43.7 Å². The van der Waals surface area contributed by atoms with Crippen molar-refractivity contribution in [3.05, 3.63) is 82.4 Å². The number of carboxylic acids is 1. The van der Waals surface area contributed by atoms with Crippen molar-refractivity contribution >= 4 is 11.9 Å². The van der Waals surface area contributed by atoms with E-state index >= 15 is 0 Å². The molecule has 3 rings (SSSR count). The summed E-state index contributed by atoms with van der Waals surface area (Å²) < 4.78 is 15.2. The van der Waals surface area contributed by atoms with Gasteiger partial charge in [-0.3, -0.25) is 9.59 Å². The van der Waals surface area contributed by atoms with Gasteiger partial charge in [-0.2, -0.15) is 5.10 Å². The third-order valence-electron chi connectivity index (χ3n) is 6.09. The molecule has 37 heavy (non-hydrogen) atoms. The first-order valence-corrected chi connectivity index (χ1v) is 12.3. The van der Waals surface area contributed by atoms with Crippen LogP contribution in [0.4, 0.5) is 4.39 Å². The van der Waals surface area contributed by atoms with Gasteiger partial charge in [0.2, 0.25) is 0 Å². The van der Waals surface area contributed by atoms with Crippen molar-refractivity contribution in [3.8, 4) is 5.69 Å². The molecule has 4 N–H and O–H groups in total. The molecule has 1 aromatic heterocycles. The molecule has 8 nitrogen and oxygen atoms in total. The van der Waals surface area contributed by atoms with Crippen LogP contribution in [0.2, 0.25) is 0 Å². The minimum atomic E-state index is -1.16. The van der Waals surface area contributed by atoms with Crippen LogP contribution >= 0.6 is 0 Å². The lowest BCUT2D eigenvalue weighted by atomic mass is 9.95. The molecule has 0 spiro atoms. The number of hydrogen-bond donors (Lipinski definition) is 4. The summed E-state index contributed by atoms with van der Waals surface area (Å²) in [5.74, 6) is -1.97. The highest BCUT2D eigenvalue weighted by Crippen LogP contribution is 2.28. The Kier molecular flexibility index (Phi) is 9.54. The molecule has 0 aliphatic heterocycles. The maximum atomic E-state index is 13.6. The number of aromatic nitrogens is 2. The number of benzene rings is 2. The number of aryl methyl sites for hydroxylation is 1. The van der Waals surface area contributed by atoms with Crippen molar-refractivity contribution < 1.29 is 29.3 Å². The molecule has 0 fully saturated rings. The van der Waals surface area contributed by atoms with Gasteiger partial charge >= 0.3 is 5.97 Å². The topological polar surface area (TPSA) is 125 Å². The van der Waals surface area contributed by atoms with E-state index in [-0.39, 0.29) is 30.4 Å². The zero-order chi connectivity index (χ0) is 27.1. The summed E-state index contributed by atoms with van der Waals surface area (Å²) in [6, 6.07) is 13.6. The van der Waals surface area contributed by atoms with Crippen molar-refractivity contribution in [3.63, 3.8) is 0 Å². The van der Waals surface area contributed by atoms with Crippen LogP contribution in [0.15, 0.2) is 48.5 Å². The molecule has 1 heterocycles. The second kappa shape index (κ2) is 12.6. The van der Waals surface area contributed by atoms with Gasteiger partial charge in [-0.05, 0) is 61.9 Å². The number of halogens is 1. The molecule has 2 atom stereocenters. The largest absolute Gasteiger partial charge is 0.481 e. The Labute approximate surface area is 215 Å². The zero-order valence-corrected chi connectivity index (χ0v) is 21.3. The van der Waals surface area contributed by atoms with E-state index in [9.17, 15) is 24.2 Å². The Morgan fingerprint density at radius 3 is 2.41 bits per heavy atom. The second-order valence-electron chi connectivity index (χ2n) is 9.60. The molecule has 0 saturated heterocycles. The minimum Gasteiger partial charge on any atom is -0.481 e. The maximum absolute atomic E-state index is 13.6. The first-order chi connectivity index (χ1) is 17.5. The lowest BCUT2D eigenvalue weighted by molar-refractivity contribution is -0.139. The van der Waals surface area contributed by atoms with E-state index in [2.05, 4.69) is 10.4 Å². The molecule has 0 radical (unpaired) electrons. The predicted octanol–water partition coefficient (Wildman–Crippen LogP) is 3.89. The molecule has 0 aliphatic rings. The lowest BCUT2D eigenvalue weighted by Crippen LogP contribution is -2.24. The van der Waals surface area contributed by atoms with Crippen LogP contribution in [0.5, 0.6) is 0 Å². The maximum Gasteiger partial charge on any atom is 0.305 e. The Morgan fingerprint density at radius 2 is 1.78 bits per heavy atom. The predicted molar refractivity (Wildman–Crippen MR) is 137 cm³/mol. The van der Waals surface area contributed by atoms with Gasteiger partial charge in [-0.15, -0.1) is 0 Å². The number of aliphatic hydroxyl groups excluding tert-OH is 2. The highest BCUT2D eigenvalue weighted by molar-refractivity contribution is 5.94. The number of nitrogens with zero attached hydrogens (tertiary/aromatic N) is 2. The number of amides is 1. The van der Waals surface area contributed by atoms with E-state index in [1.807, 2.05) is 45.0 Å². The van der Waals surface area contributed by atoms with Gasteiger partial charge in [0.1, 0.15) is 5.82 Å². The Bertz CT molecular complexity index is 1220. The second-order valence-corrected chi connectivity index (χ2v) is 9.60. The van der Waals surface area contributed by atoms with Crippen LogP contribution in [-0.2, 0) is 17.8 Å². The molecule has 0 unspecified atom stereocenters. The van der Waals surface area contributed by atoms with Crippen LogP contribution in [-0.4, -0.2) is 49.2 Å². The number of carbonyl (C=O) groups excluding carboxylic acids is 1. The van der Waals surface area contributed by atoms with E-state index in [0.717, 1.165) is 11.1 Å². The quantitative estimate of drug-likeness (QED) is 0.292. The normalized spacial score (nSPS) is 12.9. The van der Waals surface area contributed by atoms with Crippen molar-refractivity contribution in [2.45, 2.75) is 71.1 Å². The molecule has 0 aliphatic carbocycles. The van der Waals surface area contributed by atoms with Gasteiger partial charge in [0.05, 0.1) is 24.3 Å². The summed E-state index contributed by atoms with van der Waals surface area (Å²) in [6.45, 7) is 6.20. The van der Waals surface area contributed by atoms with E-state index in [1.54, 1.807) is 16.8 Å². The monoisotopic (exact) mass is 511 g/mol. The SMILES string of the molecule is Cc1cccc(CNC(=O)c2nn(-c3ccc(F)cc3)c(CC[C@@H](O)C[C@@H](O)CC(=O)O)c2C(C)C)c1. The molecule has 2 aromatic carbocycles. The molecular formula is C28H34FN3O5. The molecule has 9 heteroatoms. The summed E-state index contributed by atoms with van der Waals surface area (Å²) in [6.07, 6.45) is -2.13. The number of hydrogen-bond acceptors (Lipinski definition) is 5. The number of rotatable bonds is 12. The fourth-order valence-corrected chi connectivity index (χ4v) is 4.38. The lowest BCUT2D eigenvalue weighted by Gasteiger charge is -2.16. The van der Waals surface area contributed by atoms with Crippen LogP contribution in [0.3, 0.4) is 0 Å². The van der Waals surface area contributed by atoms with Gasteiger partial charge in [0, 0.05) is 17.8 Å². The van der Waals surface area contributed by atoms with Gasteiger partial charge < -0.3 is 20.6 Å². The number of nitrogens with one attached hydrogen (secondary N) is 1. The van der Waals surface area contributed by atoms with E-state index in [4.69, 9.17) is 5.11 Å². The summed E-state index contributed by atoms with van der Waals surface area (Å²) >= 11 is 0. The number of aliphatic carboxylic acids is 1. The molecule has 1 amide bonds. The van der Waals surface area contributed by atoms with Crippen LogP contribution in [0.1, 0.15) is 71.9 Å². The van der Waals surface area contributed by atoms with Gasteiger partial charge in [-0.25, -0.2) is 9.07 Å². The average Bonchev–Trinajstić information content (AvgIpc) is 3.21. The van der Waals surface area contributed by atoms with Crippen molar-refractivity contribution in [2.24, 2.45) is 0 Å². The Morgan fingerprint density at radius 1 is 1.08 bits per heavy atom. The highest BCUT2D eigenvalue weighted by atomic mass is 19.1. The number of aliphatic hydroxyl groups is 2. The number of carboxylic acid groups (broad SMARTS) is 1. The van der Waals surface area contributed by atoms with Crippen molar-refractivity contribution in [1.82, 2.24) is 15.1 Å². The summed E-state index contributed by atoms with van der Waals surface area (Å²) in [4.78, 5) is 24.1. The third kappa shape index (κ3) is 7.71. The standard InChI is InChI=1S/C28H34FN3O5/c1-17(2)26-24(12-11-22(33)14-23(34)15-25(35)36)32(21-9-7-20(29)8-10-21)31-27(26)28(37)30-16-19-6-4-5-18(3)13-19/h4-10,13,17,22-23,33-34H,11-12,14-16H2,1-3H3,(H,30,37)(H,35,36)/t22-,23-/m1/s1. The first-order valence-electron chi connectivity index (χ1n) is 12.3. The highest BCUT2D eigenvalue weighted by Gasteiger charge is 2.26. The van der Waals surface area contributed by atoms with Crippen LogP contribution in [0, 0.1) is 12.7 Å². The fourth-order valence-electron chi connectivity index (χ4n) is 4.38. The molecule has 198 valence electrons. The summed E-state index contributed by atoms with van der Waals surface area (Å²) in [7, 11) is 0. The fraction of sp³-hybridized carbons (Fsp3) is 0.393. The van der Waals surface area contributed by atoms with E-state index < -0.39 is 30.4 Å². The minimum absolute atomic E-state index is 0.0846. The molecule has 3 aromatic rings. The molecule has 0 saturated carbocycles. The van der Waals surface area contributed by atoms with Crippen molar-refractivity contribution in [1.29, 1.82) is 0 Å². The van der Waals surface area contributed by atoms with Crippen LogP contribution in [0.25, 0.3) is 5.69 Å². The Hall–Kier alpha value is -3.56. The Balaban J connectivity index is 1.90. The van der Waals surface area contributed by atoms with Gasteiger partial charge in [0.25, 0.3) is 5.91 Å². The zero-order valence-electron chi connectivity index (χ0n) is 21.3. The third-order valence-corrected chi connectivity index (χ3v) is 6.09. The summed E-state index contributed by atoms with van der Waals surface area (Å²) in [5, 5.41) is 36.7. The summed E-state index contributed by atoms with van der Waals surface area (Å²) in [5.41, 5.74) is 4.27. The smallest absolute Gasteiger partial charge is 0.305 e. The molecular weight excluding hydrogens is 477 g/mol. The molecule has 0 bridgehead atoms. The van der Waals surface area contributed by atoms with E-state index in [1.165, 1.54) is 12.1 Å². The average molecular weight is 512 g/mol.